The van der Waals surface area contributed by atoms with Gasteiger partial charge in [-0.3, -0.25) is 9.59 Å². The van der Waals surface area contributed by atoms with E-state index in [1.54, 1.807) is 29.2 Å². The first kappa shape index (κ1) is 19.1. The molecule has 23 heavy (non-hydrogen) atoms. The molecule has 1 rings (SSSR count). The first-order valence-electron chi connectivity index (χ1n) is 7.70. The highest BCUT2D eigenvalue weighted by molar-refractivity contribution is 7.80. The van der Waals surface area contributed by atoms with Gasteiger partial charge in [-0.2, -0.15) is 0 Å². The van der Waals surface area contributed by atoms with Gasteiger partial charge in [0.25, 0.3) is 5.91 Å². The van der Waals surface area contributed by atoms with Crippen LogP contribution < -0.4 is 10.6 Å². The van der Waals surface area contributed by atoms with E-state index in [0.717, 1.165) is 5.69 Å². The second-order valence-corrected chi connectivity index (χ2v) is 6.62. The highest BCUT2D eigenvalue weighted by Crippen LogP contribution is 2.14. The number of nitrogens with one attached hydrogen (secondary N) is 2. The van der Waals surface area contributed by atoms with E-state index in [9.17, 15) is 9.59 Å². The van der Waals surface area contributed by atoms with Crippen molar-refractivity contribution in [2.24, 2.45) is 5.41 Å². The topological polar surface area (TPSA) is 61.4 Å². The Hall–Kier alpha value is -1.95. The van der Waals surface area contributed by atoms with Gasteiger partial charge in [0.15, 0.2) is 5.11 Å². The molecule has 0 fully saturated rings. The number of hydrogen-bond acceptors (Lipinski definition) is 3. The molecule has 6 heteroatoms. The van der Waals surface area contributed by atoms with E-state index in [1.165, 1.54) is 0 Å². The van der Waals surface area contributed by atoms with Crippen molar-refractivity contribution in [3.8, 4) is 0 Å². The molecule has 0 aliphatic carbocycles. The summed E-state index contributed by atoms with van der Waals surface area (Å²) in [6, 6.07) is 7.03. The SMILES string of the molecule is CCN(CC)C(=O)c1ccc(NC(=S)NC(=O)C(C)(C)C)cc1. The molecule has 1 aromatic carbocycles. The fourth-order valence-corrected chi connectivity index (χ4v) is 2.05. The molecule has 2 N–H and O–H groups in total. The molecular weight excluding hydrogens is 310 g/mol. The zero-order valence-corrected chi connectivity index (χ0v) is 15.2. The maximum Gasteiger partial charge on any atom is 0.253 e. The van der Waals surface area contributed by atoms with Crippen molar-refractivity contribution in [1.82, 2.24) is 10.2 Å². The molecule has 0 heterocycles. The highest BCUT2D eigenvalue weighted by atomic mass is 32.1. The van der Waals surface area contributed by atoms with Crippen LogP contribution in [-0.2, 0) is 4.79 Å². The van der Waals surface area contributed by atoms with E-state index < -0.39 is 5.41 Å². The first-order chi connectivity index (χ1) is 10.7. The Morgan fingerprint density at radius 1 is 1.09 bits per heavy atom. The molecule has 2 amide bonds. The van der Waals surface area contributed by atoms with E-state index in [0.29, 0.717) is 18.7 Å². The molecule has 0 aliphatic rings. The number of nitrogens with zero attached hydrogens (tertiary/aromatic N) is 1. The average Bonchev–Trinajstić information content (AvgIpc) is 2.48. The molecule has 0 unspecified atom stereocenters. The number of carbonyl (C=O) groups excluding carboxylic acids is 2. The van der Waals surface area contributed by atoms with Gasteiger partial charge in [-0.25, -0.2) is 0 Å². The quantitative estimate of drug-likeness (QED) is 0.830. The van der Waals surface area contributed by atoms with Crippen LogP contribution in [0.3, 0.4) is 0 Å². The maximum absolute atomic E-state index is 12.2. The standard InChI is InChI=1S/C17H25N3O2S/c1-6-20(7-2)14(21)12-8-10-13(11-9-12)18-16(23)19-15(22)17(3,4)5/h8-11H,6-7H2,1-5H3,(H2,18,19,22,23). The lowest BCUT2D eigenvalue weighted by atomic mass is 9.96. The fraction of sp³-hybridized carbons (Fsp3) is 0.471. The van der Waals surface area contributed by atoms with E-state index in [4.69, 9.17) is 12.2 Å². The van der Waals surface area contributed by atoms with E-state index in [1.807, 2.05) is 34.6 Å². The molecule has 0 aromatic heterocycles. The van der Waals surface area contributed by atoms with Crippen LogP contribution in [0.2, 0.25) is 0 Å². The second kappa shape index (κ2) is 8.06. The minimum atomic E-state index is -0.508. The zero-order chi connectivity index (χ0) is 17.6. The Morgan fingerprint density at radius 3 is 2.04 bits per heavy atom. The van der Waals surface area contributed by atoms with Gasteiger partial charge < -0.3 is 15.5 Å². The van der Waals surface area contributed by atoms with Crippen molar-refractivity contribution in [3.05, 3.63) is 29.8 Å². The van der Waals surface area contributed by atoms with Crippen LogP contribution in [0.1, 0.15) is 45.0 Å². The Morgan fingerprint density at radius 2 is 1.61 bits per heavy atom. The van der Waals surface area contributed by atoms with Crippen molar-refractivity contribution in [2.45, 2.75) is 34.6 Å². The molecule has 0 aliphatic heterocycles. The van der Waals surface area contributed by atoms with Gasteiger partial charge >= 0.3 is 0 Å². The molecule has 5 nitrogen and oxygen atoms in total. The third-order valence-corrected chi connectivity index (χ3v) is 3.55. The van der Waals surface area contributed by atoms with E-state index >= 15 is 0 Å². The van der Waals surface area contributed by atoms with Crippen molar-refractivity contribution >= 4 is 34.8 Å². The maximum atomic E-state index is 12.2. The summed E-state index contributed by atoms with van der Waals surface area (Å²) < 4.78 is 0. The monoisotopic (exact) mass is 335 g/mol. The number of rotatable bonds is 4. The van der Waals surface area contributed by atoms with E-state index in [-0.39, 0.29) is 16.9 Å². The minimum Gasteiger partial charge on any atom is -0.339 e. The molecule has 0 bridgehead atoms. The van der Waals surface area contributed by atoms with Gasteiger partial charge in [0.2, 0.25) is 5.91 Å². The third-order valence-electron chi connectivity index (χ3n) is 3.35. The largest absolute Gasteiger partial charge is 0.339 e. The first-order valence-corrected chi connectivity index (χ1v) is 8.11. The fourth-order valence-electron chi connectivity index (χ4n) is 1.84. The van der Waals surface area contributed by atoms with Crippen LogP contribution in [0.4, 0.5) is 5.69 Å². The number of amides is 2. The second-order valence-electron chi connectivity index (χ2n) is 6.21. The molecule has 126 valence electrons. The average molecular weight is 335 g/mol. The molecule has 0 spiro atoms. The molecule has 1 aromatic rings. The molecule has 0 radical (unpaired) electrons. The van der Waals surface area contributed by atoms with E-state index in [2.05, 4.69) is 10.6 Å². The summed E-state index contributed by atoms with van der Waals surface area (Å²) >= 11 is 5.13. The molecular formula is C17H25N3O2S. The van der Waals surface area contributed by atoms with Crippen molar-refractivity contribution in [1.29, 1.82) is 0 Å². The number of benzene rings is 1. The predicted octanol–water partition coefficient (Wildman–Crippen LogP) is 3.03. The van der Waals surface area contributed by atoms with Gasteiger partial charge in [-0.1, -0.05) is 20.8 Å². The summed E-state index contributed by atoms with van der Waals surface area (Å²) in [5, 5.41) is 5.83. The van der Waals surface area contributed by atoms with Gasteiger partial charge in [-0.05, 0) is 50.3 Å². The Kier molecular flexibility index (Phi) is 6.69. The smallest absolute Gasteiger partial charge is 0.253 e. The molecule has 0 saturated heterocycles. The molecule has 0 saturated carbocycles. The Balaban J connectivity index is 2.69. The van der Waals surface area contributed by atoms with Crippen molar-refractivity contribution in [3.63, 3.8) is 0 Å². The van der Waals surface area contributed by atoms with Crippen LogP contribution in [-0.4, -0.2) is 34.9 Å². The van der Waals surface area contributed by atoms with Crippen LogP contribution >= 0.6 is 12.2 Å². The zero-order valence-electron chi connectivity index (χ0n) is 14.4. The Labute approximate surface area is 143 Å². The normalized spacial score (nSPS) is 10.8. The third kappa shape index (κ3) is 5.63. The number of hydrogen-bond donors (Lipinski definition) is 2. The van der Waals surface area contributed by atoms with Crippen LogP contribution in [0, 0.1) is 5.41 Å². The van der Waals surface area contributed by atoms with Crippen LogP contribution in [0.25, 0.3) is 0 Å². The van der Waals surface area contributed by atoms with Gasteiger partial charge in [0.05, 0.1) is 0 Å². The lowest BCUT2D eigenvalue weighted by Gasteiger charge is -2.19. The van der Waals surface area contributed by atoms with Gasteiger partial charge in [-0.15, -0.1) is 0 Å². The number of carbonyl (C=O) groups is 2. The lowest BCUT2D eigenvalue weighted by Crippen LogP contribution is -2.41. The number of thiocarbonyl (C=S) groups is 1. The van der Waals surface area contributed by atoms with Crippen LogP contribution in [0.15, 0.2) is 24.3 Å². The summed E-state index contributed by atoms with van der Waals surface area (Å²) in [5.74, 6) is -0.145. The minimum absolute atomic E-state index is 0.00478. The highest BCUT2D eigenvalue weighted by Gasteiger charge is 2.22. The lowest BCUT2D eigenvalue weighted by molar-refractivity contribution is -0.126. The van der Waals surface area contributed by atoms with Crippen molar-refractivity contribution < 1.29 is 9.59 Å². The van der Waals surface area contributed by atoms with Crippen LogP contribution in [0.5, 0.6) is 0 Å². The Bertz CT molecular complexity index is 572. The van der Waals surface area contributed by atoms with Crippen molar-refractivity contribution in [2.75, 3.05) is 18.4 Å². The number of anilines is 1. The van der Waals surface area contributed by atoms with Gasteiger partial charge in [0.1, 0.15) is 0 Å². The predicted molar refractivity (Wildman–Crippen MR) is 97.5 cm³/mol. The summed E-state index contributed by atoms with van der Waals surface area (Å²) in [4.78, 5) is 25.8. The summed E-state index contributed by atoms with van der Waals surface area (Å²) in [6.07, 6.45) is 0. The summed E-state index contributed by atoms with van der Waals surface area (Å²) in [7, 11) is 0. The molecule has 0 atom stereocenters. The van der Waals surface area contributed by atoms with Gasteiger partial charge in [0, 0.05) is 29.8 Å². The summed E-state index contributed by atoms with van der Waals surface area (Å²) in [5.41, 5.74) is 0.843. The summed E-state index contributed by atoms with van der Waals surface area (Å²) in [6.45, 7) is 10.7.